The summed E-state index contributed by atoms with van der Waals surface area (Å²) in [7, 11) is 1.57. The van der Waals surface area contributed by atoms with Crippen LogP contribution in [0, 0.1) is 20.8 Å². The number of thiophene rings is 1. The first-order valence-corrected chi connectivity index (χ1v) is 9.44. The van der Waals surface area contributed by atoms with Crippen molar-refractivity contribution < 1.29 is 14.3 Å². The minimum Gasteiger partial charge on any atom is -0.496 e. The third kappa shape index (κ3) is 3.88. The molecule has 0 saturated heterocycles. The van der Waals surface area contributed by atoms with E-state index in [0.717, 1.165) is 21.6 Å². The van der Waals surface area contributed by atoms with Gasteiger partial charge in [0, 0.05) is 10.4 Å². The molecule has 3 aromatic rings. The average Bonchev–Trinajstić information content (AvgIpc) is 2.89. The number of nitrogens with zero attached hydrogens (tertiary/aromatic N) is 1. The van der Waals surface area contributed by atoms with Crippen LogP contribution in [-0.2, 0) is 16.0 Å². The van der Waals surface area contributed by atoms with Gasteiger partial charge in [0.2, 0.25) is 0 Å². The van der Waals surface area contributed by atoms with Crippen molar-refractivity contribution in [1.29, 1.82) is 0 Å². The molecule has 0 aliphatic rings. The number of H-pyrrole nitrogens is 1. The van der Waals surface area contributed by atoms with E-state index in [-0.39, 0.29) is 12.0 Å². The number of methoxy groups -OCH3 is 1. The number of aromatic amines is 1. The molecular formula is C20H22N2O4S. The molecule has 0 aliphatic heterocycles. The van der Waals surface area contributed by atoms with E-state index in [4.69, 9.17) is 9.47 Å². The predicted molar refractivity (Wildman–Crippen MR) is 106 cm³/mol. The van der Waals surface area contributed by atoms with Gasteiger partial charge in [-0.2, -0.15) is 0 Å². The van der Waals surface area contributed by atoms with E-state index < -0.39 is 12.1 Å². The molecule has 7 heteroatoms. The first-order valence-electron chi connectivity index (χ1n) is 8.63. The average molecular weight is 386 g/mol. The Labute approximate surface area is 161 Å². The predicted octanol–water partition coefficient (Wildman–Crippen LogP) is 3.77. The van der Waals surface area contributed by atoms with Crippen molar-refractivity contribution in [1.82, 2.24) is 9.97 Å². The fourth-order valence-corrected chi connectivity index (χ4v) is 4.00. The van der Waals surface area contributed by atoms with Gasteiger partial charge in [0.1, 0.15) is 10.6 Å². The van der Waals surface area contributed by atoms with Gasteiger partial charge in [0.05, 0.1) is 18.9 Å². The Bertz CT molecular complexity index is 1070. The second-order valence-corrected chi connectivity index (χ2v) is 7.74. The van der Waals surface area contributed by atoms with E-state index >= 15 is 0 Å². The Morgan fingerprint density at radius 1 is 1.30 bits per heavy atom. The molecule has 142 valence electrons. The molecule has 1 atom stereocenters. The maximum absolute atomic E-state index is 12.4. The highest BCUT2D eigenvalue weighted by atomic mass is 32.1. The van der Waals surface area contributed by atoms with E-state index in [0.29, 0.717) is 21.8 Å². The number of hydrogen-bond donors (Lipinski definition) is 1. The number of carbonyl (C=O) groups is 1. The van der Waals surface area contributed by atoms with Crippen LogP contribution in [0.15, 0.2) is 23.0 Å². The molecule has 0 spiro atoms. The van der Waals surface area contributed by atoms with Gasteiger partial charge in [0.25, 0.3) is 5.56 Å². The number of rotatable bonds is 5. The SMILES string of the molecule is COc1ccc(C)cc1CC(=O)O[C@H](C)c1nc2sc(C)c(C)c2c(=O)[nH]1. The second kappa shape index (κ2) is 7.52. The smallest absolute Gasteiger partial charge is 0.311 e. The lowest BCUT2D eigenvalue weighted by Gasteiger charge is -2.14. The van der Waals surface area contributed by atoms with Crippen LogP contribution in [0.3, 0.4) is 0 Å². The fourth-order valence-electron chi connectivity index (χ4n) is 2.96. The van der Waals surface area contributed by atoms with E-state index in [2.05, 4.69) is 9.97 Å². The number of carbonyl (C=O) groups excluding carboxylic acids is 1. The summed E-state index contributed by atoms with van der Waals surface area (Å²) < 4.78 is 10.8. The van der Waals surface area contributed by atoms with Gasteiger partial charge in [-0.25, -0.2) is 4.98 Å². The lowest BCUT2D eigenvalue weighted by molar-refractivity contribution is -0.148. The highest BCUT2D eigenvalue weighted by Gasteiger charge is 2.19. The lowest BCUT2D eigenvalue weighted by Crippen LogP contribution is -2.18. The number of hydrogen-bond acceptors (Lipinski definition) is 6. The van der Waals surface area contributed by atoms with Gasteiger partial charge < -0.3 is 14.5 Å². The van der Waals surface area contributed by atoms with E-state index in [1.165, 1.54) is 11.3 Å². The summed E-state index contributed by atoms with van der Waals surface area (Å²) in [5, 5.41) is 0.601. The number of esters is 1. The molecule has 2 heterocycles. The summed E-state index contributed by atoms with van der Waals surface area (Å²) in [5.74, 6) is 0.577. The molecule has 0 radical (unpaired) electrons. The molecule has 0 saturated carbocycles. The van der Waals surface area contributed by atoms with Gasteiger partial charge >= 0.3 is 5.97 Å². The highest BCUT2D eigenvalue weighted by molar-refractivity contribution is 7.18. The summed E-state index contributed by atoms with van der Waals surface area (Å²) in [6, 6.07) is 5.65. The minimum absolute atomic E-state index is 0.0822. The maximum atomic E-state index is 12.4. The van der Waals surface area contributed by atoms with Crippen molar-refractivity contribution in [3.05, 3.63) is 55.9 Å². The first-order chi connectivity index (χ1) is 12.8. The van der Waals surface area contributed by atoms with Gasteiger partial charge in [0.15, 0.2) is 11.9 Å². The van der Waals surface area contributed by atoms with E-state index in [1.54, 1.807) is 14.0 Å². The second-order valence-electron chi connectivity index (χ2n) is 6.54. The molecule has 1 aromatic carbocycles. The molecule has 0 fully saturated rings. The van der Waals surface area contributed by atoms with Crippen molar-refractivity contribution >= 4 is 27.5 Å². The van der Waals surface area contributed by atoms with Gasteiger partial charge in [-0.15, -0.1) is 11.3 Å². The van der Waals surface area contributed by atoms with Crippen molar-refractivity contribution in [2.75, 3.05) is 7.11 Å². The van der Waals surface area contributed by atoms with Crippen LogP contribution in [0.4, 0.5) is 0 Å². The van der Waals surface area contributed by atoms with Crippen LogP contribution in [0.5, 0.6) is 5.75 Å². The van der Waals surface area contributed by atoms with Crippen LogP contribution in [0.2, 0.25) is 0 Å². The third-order valence-corrected chi connectivity index (χ3v) is 5.62. The first kappa shape index (κ1) is 19.1. The maximum Gasteiger partial charge on any atom is 0.311 e. The van der Waals surface area contributed by atoms with Crippen LogP contribution in [-0.4, -0.2) is 23.0 Å². The van der Waals surface area contributed by atoms with Crippen molar-refractivity contribution in [3.8, 4) is 5.75 Å². The number of benzene rings is 1. The molecule has 2 aromatic heterocycles. The van der Waals surface area contributed by atoms with Crippen molar-refractivity contribution in [3.63, 3.8) is 0 Å². The molecule has 0 aliphatic carbocycles. The monoisotopic (exact) mass is 386 g/mol. The molecule has 0 bridgehead atoms. The molecule has 6 nitrogen and oxygen atoms in total. The Morgan fingerprint density at radius 2 is 2.04 bits per heavy atom. The Morgan fingerprint density at radius 3 is 2.74 bits per heavy atom. The van der Waals surface area contributed by atoms with E-state index in [9.17, 15) is 9.59 Å². The molecule has 1 N–H and O–H groups in total. The Hall–Kier alpha value is -2.67. The van der Waals surface area contributed by atoms with Crippen LogP contribution in [0.1, 0.15) is 40.4 Å². The largest absolute Gasteiger partial charge is 0.496 e. The standard InChI is InChI=1S/C20H22N2O4S/c1-10-6-7-15(25-5)14(8-10)9-16(23)26-12(3)18-21-19(24)17-11(2)13(4)27-20(17)22-18/h6-8,12H,9H2,1-5H3,(H,21,22,24)/t12-/m1/s1. The quantitative estimate of drug-likeness (QED) is 0.675. The zero-order valence-corrected chi connectivity index (χ0v) is 16.8. The summed E-state index contributed by atoms with van der Waals surface area (Å²) in [6.45, 7) is 7.51. The van der Waals surface area contributed by atoms with Gasteiger partial charge in [-0.05, 0) is 39.3 Å². The summed E-state index contributed by atoms with van der Waals surface area (Å²) in [6.07, 6.45) is -0.577. The zero-order chi connectivity index (χ0) is 19.7. The number of aryl methyl sites for hydroxylation is 3. The van der Waals surface area contributed by atoms with Crippen LogP contribution >= 0.6 is 11.3 Å². The van der Waals surface area contributed by atoms with Crippen LogP contribution in [0.25, 0.3) is 10.2 Å². The summed E-state index contributed by atoms with van der Waals surface area (Å²) >= 11 is 1.46. The summed E-state index contributed by atoms with van der Waals surface area (Å²) in [4.78, 5) is 33.7. The third-order valence-electron chi connectivity index (χ3n) is 4.52. The lowest BCUT2D eigenvalue weighted by atomic mass is 10.1. The molecular weight excluding hydrogens is 364 g/mol. The normalized spacial score (nSPS) is 12.2. The van der Waals surface area contributed by atoms with Crippen molar-refractivity contribution in [2.45, 2.75) is 40.2 Å². The number of ether oxygens (including phenoxy) is 2. The highest BCUT2D eigenvalue weighted by Crippen LogP contribution is 2.27. The molecule has 0 amide bonds. The zero-order valence-electron chi connectivity index (χ0n) is 16.0. The van der Waals surface area contributed by atoms with Gasteiger partial charge in [-0.3, -0.25) is 9.59 Å². The van der Waals surface area contributed by atoms with E-state index in [1.807, 2.05) is 39.0 Å². The van der Waals surface area contributed by atoms with Crippen LogP contribution < -0.4 is 10.3 Å². The Balaban J connectivity index is 1.80. The number of aromatic nitrogens is 2. The number of nitrogens with one attached hydrogen (secondary N) is 1. The molecule has 3 rings (SSSR count). The minimum atomic E-state index is -0.659. The summed E-state index contributed by atoms with van der Waals surface area (Å²) in [5.41, 5.74) is 2.52. The molecule has 27 heavy (non-hydrogen) atoms. The Kier molecular flexibility index (Phi) is 5.32. The van der Waals surface area contributed by atoms with Crippen molar-refractivity contribution in [2.24, 2.45) is 0 Å². The van der Waals surface area contributed by atoms with Gasteiger partial charge in [-0.1, -0.05) is 17.7 Å². The topological polar surface area (TPSA) is 81.3 Å². The number of fused-ring (bicyclic) bond motifs is 1. The molecule has 0 unspecified atom stereocenters. The fraction of sp³-hybridized carbons (Fsp3) is 0.350.